The number of amides is 1. The molecule has 1 fully saturated rings. The fraction of sp³-hybridized carbons (Fsp3) is 0.391. The van der Waals surface area contributed by atoms with Gasteiger partial charge >= 0.3 is 0 Å². The first-order valence-corrected chi connectivity index (χ1v) is 12.9. The predicted molar refractivity (Wildman–Crippen MR) is 124 cm³/mol. The van der Waals surface area contributed by atoms with Gasteiger partial charge in [-0.3, -0.25) is 4.79 Å². The summed E-state index contributed by atoms with van der Waals surface area (Å²) >= 11 is 1.74. The quantitative estimate of drug-likeness (QED) is 0.552. The predicted octanol–water partition coefficient (Wildman–Crippen LogP) is 4.35. The van der Waals surface area contributed by atoms with E-state index in [-0.39, 0.29) is 10.8 Å². The smallest absolute Gasteiger partial charge is 0.253 e. The number of para-hydroxylation sites is 1. The summed E-state index contributed by atoms with van der Waals surface area (Å²) in [6.07, 6.45) is 1.78. The molecular formula is C23H27N3O3S2. The molecule has 8 heteroatoms. The zero-order chi connectivity index (χ0) is 22.0. The minimum atomic E-state index is -3.52. The van der Waals surface area contributed by atoms with Crippen molar-refractivity contribution in [2.45, 2.75) is 37.5 Å². The summed E-state index contributed by atoms with van der Waals surface area (Å²) in [6, 6.07) is 14.5. The maximum absolute atomic E-state index is 12.9. The highest BCUT2D eigenvalue weighted by Gasteiger charge is 2.27. The van der Waals surface area contributed by atoms with Crippen molar-refractivity contribution in [2.24, 2.45) is 0 Å². The third-order valence-electron chi connectivity index (χ3n) is 5.89. The number of hydrogen-bond donors (Lipinski definition) is 0. The molecule has 1 saturated heterocycles. The Balaban J connectivity index is 1.41. The number of carbonyl (C=O) groups is 1. The normalized spacial score (nSPS) is 15.6. The molecule has 0 spiro atoms. The van der Waals surface area contributed by atoms with Crippen LogP contribution in [0.2, 0.25) is 0 Å². The zero-order valence-corrected chi connectivity index (χ0v) is 19.5. The number of likely N-dealkylation sites (tertiary alicyclic amines) is 1. The van der Waals surface area contributed by atoms with Crippen molar-refractivity contribution < 1.29 is 13.2 Å². The van der Waals surface area contributed by atoms with Gasteiger partial charge in [0.25, 0.3) is 5.91 Å². The molecule has 1 aliphatic heterocycles. The lowest BCUT2D eigenvalue weighted by molar-refractivity contribution is 0.0713. The van der Waals surface area contributed by atoms with E-state index >= 15 is 0 Å². The van der Waals surface area contributed by atoms with Crippen molar-refractivity contribution in [1.29, 1.82) is 0 Å². The van der Waals surface area contributed by atoms with E-state index in [1.807, 2.05) is 36.9 Å². The molecule has 0 aliphatic carbocycles. The third kappa shape index (κ3) is 4.37. The Morgan fingerprint density at radius 2 is 1.71 bits per heavy atom. The van der Waals surface area contributed by atoms with E-state index in [9.17, 15) is 13.2 Å². The number of thiazole rings is 1. The highest BCUT2D eigenvalue weighted by atomic mass is 32.2. The Morgan fingerprint density at radius 3 is 2.32 bits per heavy atom. The Hall–Kier alpha value is -2.29. The summed E-state index contributed by atoms with van der Waals surface area (Å²) in [5.74, 6) is 0.331. The standard InChI is InChI=1S/C23H27N3O3S2/c1-3-26(4-2)31(28,29)19-11-9-18(10-12-19)23(27)25-15-13-17(14-16-25)22-24-20-7-5-6-8-21(20)30-22/h5-12,17H,3-4,13-16H2,1-2H3. The topological polar surface area (TPSA) is 70.6 Å². The lowest BCUT2D eigenvalue weighted by Crippen LogP contribution is -2.38. The second-order valence-corrected chi connectivity index (χ2v) is 10.7. The van der Waals surface area contributed by atoms with Crippen LogP contribution in [-0.4, -0.2) is 54.7 Å². The van der Waals surface area contributed by atoms with E-state index in [0.29, 0.717) is 37.7 Å². The number of carbonyl (C=O) groups excluding carboxylic acids is 1. The van der Waals surface area contributed by atoms with Crippen molar-refractivity contribution in [3.63, 3.8) is 0 Å². The van der Waals surface area contributed by atoms with Crippen LogP contribution >= 0.6 is 11.3 Å². The Labute approximate surface area is 187 Å². The van der Waals surface area contributed by atoms with Crippen LogP contribution in [0.3, 0.4) is 0 Å². The molecule has 1 amide bonds. The summed E-state index contributed by atoms with van der Waals surface area (Å²) in [7, 11) is -3.52. The second kappa shape index (κ2) is 9.06. The zero-order valence-electron chi connectivity index (χ0n) is 17.8. The molecule has 0 atom stereocenters. The summed E-state index contributed by atoms with van der Waals surface area (Å²) in [5.41, 5.74) is 1.57. The van der Waals surface area contributed by atoms with Gasteiger partial charge in [0.05, 0.1) is 20.1 Å². The average molecular weight is 458 g/mol. The second-order valence-electron chi connectivity index (χ2n) is 7.70. The van der Waals surface area contributed by atoms with Gasteiger partial charge in [-0.15, -0.1) is 11.3 Å². The molecule has 1 aliphatic rings. The fourth-order valence-electron chi connectivity index (χ4n) is 4.06. The fourth-order valence-corrected chi connectivity index (χ4v) is 6.65. The molecule has 0 N–H and O–H groups in total. The molecule has 0 unspecified atom stereocenters. The maximum Gasteiger partial charge on any atom is 0.253 e. The van der Waals surface area contributed by atoms with Gasteiger partial charge < -0.3 is 4.90 Å². The van der Waals surface area contributed by atoms with E-state index in [0.717, 1.165) is 23.4 Å². The Bertz CT molecular complexity index is 1130. The van der Waals surface area contributed by atoms with Gasteiger partial charge in [0.2, 0.25) is 10.0 Å². The molecule has 3 aromatic rings. The Morgan fingerprint density at radius 1 is 1.06 bits per heavy atom. The summed E-state index contributed by atoms with van der Waals surface area (Å²) < 4.78 is 27.9. The first-order chi connectivity index (χ1) is 14.9. The first-order valence-electron chi connectivity index (χ1n) is 10.7. The van der Waals surface area contributed by atoms with Crippen molar-refractivity contribution >= 4 is 37.5 Å². The minimum Gasteiger partial charge on any atom is -0.339 e. The van der Waals surface area contributed by atoms with Crippen LogP contribution in [0.4, 0.5) is 0 Å². The molecular weight excluding hydrogens is 430 g/mol. The number of piperidine rings is 1. The minimum absolute atomic E-state index is 0.0467. The first kappa shape index (κ1) is 21.9. The monoisotopic (exact) mass is 457 g/mol. The van der Waals surface area contributed by atoms with Gasteiger partial charge in [0.1, 0.15) is 0 Å². The lowest BCUT2D eigenvalue weighted by atomic mass is 9.97. The summed E-state index contributed by atoms with van der Waals surface area (Å²) in [4.78, 5) is 19.8. The van der Waals surface area contributed by atoms with Crippen LogP contribution in [0.1, 0.15) is 48.0 Å². The molecule has 0 saturated carbocycles. The van der Waals surface area contributed by atoms with Gasteiger partial charge in [0.15, 0.2) is 0 Å². The van der Waals surface area contributed by atoms with E-state index in [2.05, 4.69) is 6.07 Å². The van der Waals surface area contributed by atoms with Gasteiger partial charge in [-0.1, -0.05) is 26.0 Å². The van der Waals surface area contributed by atoms with E-state index in [4.69, 9.17) is 4.98 Å². The number of aromatic nitrogens is 1. The lowest BCUT2D eigenvalue weighted by Gasteiger charge is -2.31. The van der Waals surface area contributed by atoms with E-state index in [1.165, 1.54) is 21.1 Å². The van der Waals surface area contributed by atoms with Crippen LogP contribution in [0, 0.1) is 0 Å². The van der Waals surface area contributed by atoms with Crippen molar-refractivity contribution in [3.05, 3.63) is 59.1 Å². The Kier molecular flexibility index (Phi) is 6.41. The molecule has 1 aromatic heterocycles. The maximum atomic E-state index is 12.9. The molecule has 2 aromatic carbocycles. The molecule has 4 rings (SSSR count). The van der Waals surface area contributed by atoms with Crippen molar-refractivity contribution in [2.75, 3.05) is 26.2 Å². The highest BCUT2D eigenvalue weighted by Crippen LogP contribution is 2.34. The van der Waals surface area contributed by atoms with Gasteiger partial charge in [0, 0.05) is 37.7 Å². The van der Waals surface area contributed by atoms with Crippen molar-refractivity contribution in [1.82, 2.24) is 14.2 Å². The van der Waals surface area contributed by atoms with Crippen LogP contribution in [0.25, 0.3) is 10.2 Å². The van der Waals surface area contributed by atoms with Crippen LogP contribution < -0.4 is 0 Å². The van der Waals surface area contributed by atoms with E-state index in [1.54, 1.807) is 23.5 Å². The largest absolute Gasteiger partial charge is 0.339 e. The summed E-state index contributed by atoms with van der Waals surface area (Å²) in [6.45, 7) is 5.83. The van der Waals surface area contributed by atoms with Crippen LogP contribution in [0.5, 0.6) is 0 Å². The summed E-state index contributed by atoms with van der Waals surface area (Å²) in [5, 5.41) is 1.15. The highest BCUT2D eigenvalue weighted by molar-refractivity contribution is 7.89. The third-order valence-corrected chi connectivity index (χ3v) is 9.15. The van der Waals surface area contributed by atoms with Crippen LogP contribution in [0.15, 0.2) is 53.4 Å². The van der Waals surface area contributed by atoms with Gasteiger partial charge in [-0.2, -0.15) is 4.31 Å². The molecule has 6 nitrogen and oxygen atoms in total. The molecule has 0 radical (unpaired) electrons. The number of benzene rings is 2. The van der Waals surface area contributed by atoms with Crippen LogP contribution in [-0.2, 0) is 10.0 Å². The average Bonchev–Trinajstić information content (AvgIpc) is 3.24. The van der Waals surface area contributed by atoms with Gasteiger partial charge in [-0.05, 0) is 49.2 Å². The number of sulfonamides is 1. The molecule has 31 heavy (non-hydrogen) atoms. The van der Waals surface area contributed by atoms with E-state index < -0.39 is 10.0 Å². The molecule has 2 heterocycles. The molecule has 0 bridgehead atoms. The molecule has 164 valence electrons. The SMILES string of the molecule is CCN(CC)S(=O)(=O)c1ccc(C(=O)N2CCC(c3nc4ccccc4s3)CC2)cc1. The number of hydrogen-bond acceptors (Lipinski definition) is 5. The number of rotatable bonds is 6. The van der Waals surface area contributed by atoms with Gasteiger partial charge in [-0.25, -0.2) is 13.4 Å². The number of nitrogens with zero attached hydrogens (tertiary/aromatic N) is 3. The van der Waals surface area contributed by atoms with Crippen molar-refractivity contribution in [3.8, 4) is 0 Å². The number of fused-ring (bicyclic) bond motifs is 1.